The summed E-state index contributed by atoms with van der Waals surface area (Å²) in [5.74, 6) is 1.41. The highest BCUT2D eigenvalue weighted by molar-refractivity contribution is 9.10. The Bertz CT molecular complexity index is 620. The third kappa shape index (κ3) is 4.55. The first-order chi connectivity index (χ1) is 9.88. The number of ether oxygens (including phenoxy) is 1. The highest BCUT2D eigenvalue weighted by Gasteiger charge is 2.17. The van der Waals surface area contributed by atoms with Crippen molar-refractivity contribution >= 4 is 15.9 Å². The summed E-state index contributed by atoms with van der Waals surface area (Å²) in [6, 6.07) is 11.9. The van der Waals surface area contributed by atoms with Crippen LogP contribution in [0.25, 0.3) is 0 Å². The monoisotopic (exact) mass is 348 g/mol. The van der Waals surface area contributed by atoms with Crippen LogP contribution in [0.15, 0.2) is 40.9 Å². The third-order valence-electron chi connectivity index (χ3n) is 3.03. The van der Waals surface area contributed by atoms with Gasteiger partial charge < -0.3 is 10.1 Å². The molecular formula is C17H21BrN2O. The van der Waals surface area contributed by atoms with Crippen LogP contribution in [0.3, 0.4) is 0 Å². The molecule has 1 aromatic carbocycles. The lowest BCUT2D eigenvalue weighted by Crippen LogP contribution is -2.15. The summed E-state index contributed by atoms with van der Waals surface area (Å²) in [6.07, 6.45) is 0. The Morgan fingerprint density at radius 1 is 1.19 bits per heavy atom. The van der Waals surface area contributed by atoms with E-state index in [1.54, 1.807) is 0 Å². The molecule has 0 aliphatic rings. The molecule has 0 aliphatic carbocycles. The summed E-state index contributed by atoms with van der Waals surface area (Å²) in [5, 5.41) is 3.17. The van der Waals surface area contributed by atoms with E-state index in [2.05, 4.69) is 53.1 Å². The second-order valence-electron chi connectivity index (χ2n) is 6.04. The fraction of sp³-hybridized carbons (Fsp3) is 0.353. The van der Waals surface area contributed by atoms with Crippen LogP contribution in [-0.4, -0.2) is 12.0 Å². The molecule has 1 heterocycles. The van der Waals surface area contributed by atoms with Crippen LogP contribution >= 0.6 is 15.9 Å². The van der Waals surface area contributed by atoms with Crippen LogP contribution in [0.4, 0.5) is 0 Å². The lowest BCUT2D eigenvalue weighted by atomic mass is 9.91. The largest absolute Gasteiger partial charge is 0.439 e. The number of nitrogens with zero attached hydrogens (tertiary/aromatic N) is 1. The zero-order valence-corrected chi connectivity index (χ0v) is 14.5. The first kappa shape index (κ1) is 16.0. The summed E-state index contributed by atoms with van der Waals surface area (Å²) < 4.78 is 6.90. The highest BCUT2D eigenvalue weighted by atomic mass is 79.9. The molecule has 0 saturated carbocycles. The summed E-state index contributed by atoms with van der Waals surface area (Å²) in [6.45, 7) is 7.25. The first-order valence-electron chi connectivity index (χ1n) is 6.98. The van der Waals surface area contributed by atoms with E-state index in [9.17, 15) is 0 Å². The molecular weight excluding hydrogens is 328 g/mol. The van der Waals surface area contributed by atoms with Crippen LogP contribution in [-0.2, 0) is 12.0 Å². The highest BCUT2D eigenvalue weighted by Crippen LogP contribution is 2.28. The molecule has 0 fully saturated rings. The Morgan fingerprint density at radius 3 is 2.57 bits per heavy atom. The molecule has 0 amide bonds. The van der Waals surface area contributed by atoms with Gasteiger partial charge in [-0.05, 0) is 36.9 Å². The van der Waals surface area contributed by atoms with E-state index >= 15 is 0 Å². The standard InChI is InChI=1S/C17H21BrN2O/c1-17(2,3)15-8-12(11-19-4)9-16(20-15)21-14-7-5-6-13(18)10-14/h5-10,19H,11H2,1-4H3. The van der Waals surface area contributed by atoms with E-state index in [0.717, 1.165) is 22.5 Å². The normalized spacial score (nSPS) is 11.5. The van der Waals surface area contributed by atoms with Crippen LogP contribution in [0.2, 0.25) is 0 Å². The van der Waals surface area contributed by atoms with E-state index in [0.29, 0.717) is 5.88 Å². The Balaban J connectivity index is 2.35. The second kappa shape index (κ2) is 6.58. The van der Waals surface area contributed by atoms with Crippen LogP contribution < -0.4 is 10.1 Å². The molecule has 1 aromatic heterocycles. The number of benzene rings is 1. The van der Waals surface area contributed by atoms with Crippen molar-refractivity contribution in [3.63, 3.8) is 0 Å². The Morgan fingerprint density at radius 2 is 1.95 bits per heavy atom. The van der Waals surface area contributed by atoms with Crippen molar-refractivity contribution in [3.05, 3.63) is 52.1 Å². The van der Waals surface area contributed by atoms with Gasteiger partial charge in [-0.15, -0.1) is 0 Å². The van der Waals surface area contributed by atoms with Gasteiger partial charge in [0, 0.05) is 22.5 Å². The Kier molecular flexibility index (Phi) is 5.01. The molecule has 0 aliphatic heterocycles. The molecule has 0 unspecified atom stereocenters. The Hall–Kier alpha value is -1.39. The number of hydrogen-bond donors (Lipinski definition) is 1. The van der Waals surface area contributed by atoms with E-state index in [-0.39, 0.29) is 5.41 Å². The summed E-state index contributed by atoms with van der Waals surface area (Å²) in [7, 11) is 1.94. The van der Waals surface area contributed by atoms with Crippen molar-refractivity contribution < 1.29 is 4.74 Å². The van der Waals surface area contributed by atoms with Crippen molar-refractivity contribution in [2.24, 2.45) is 0 Å². The van der Waals surface area contributed by atoms with E-state index < -0.39 is 0 Å². The quantitative estimate of drug-likeness (QED) is 0.872. The molecule has 21 heavy (non-hydrogen) atoms. The minimum atomic E-state index is -0.0147. The van der Waals surface area contributed by atoms with Crippen molar-refractivity contribution in [2.75, 3.05) is 7.05 Å². The molecule has 2 rings (SSSR count). The van der Waals surface area contributed by atoms with Gasteiger partial charge in [0.15, 0.2) is 0 Å². The molecule has 4 heteroatoms. The zero-order chi connectivity index (χ0) is 15.5. The topological polar surface area (TPSA) is 34.1 Å². The predicted molar refractivity (Wildman–Crippen MR) is 89.9 cm³/mol. The molecule has 0 spiro atoms. The maximum Gasteiger partial charge on any atom is 0.219 e. The predicted octanol–water partition coefficient (Wildman–Crippen LogP) is 4.65. The van der Waals surface area contributed by atoms with Gasteiger partial charge in [0.2, 0.25) is 5.88 Å². The Labute approximate surface area is 134 Å². The zero-order valence-electron chi connectivity index (χ0n) is 12.9. The van der Waals surface area contributed by atoms with Crippen molar-refractivity contribution in [1.29, 1.82) is 0 Å². The SMILES string of the molecule is CNCc1cc(Oc2cccc(Br)c2)nc(C(C)(C)C)c1. The van der Waals surface area contributed by atoms with Gasteiger partial charge in [-0.2, -0.15) is 0 Å². The van der Waals surface area contributed by atoms with E-state index in [1.165, 1.54) is 5.56 Å². The fourth-order valence-corrected chi connectivity index (χ4v) is 2.33. The molecule has 0 radical (unpaired) electrons. The molecule has 2 aromatic rings. The average Bonchev–Trinajstić information content (AvgIpc) is 2.37. The number of hydrogen-bond acceptors (Lipinski definition) is 3. The molecule has 0 bridgehead atoms. The minimum Gasteiger partial charge on any atom is -0.439 e. The maximum atomic E-state index is 5.91. The lowest BCUT2D eigenvalue weighted by Gasteiger charge is -2.20. The summed E-state index contributed by atoms with van der Waals surface area (Å²) in [4.78, 5) is 4.65. The van der Waals surface area contributed by atoms with Gasteiger partial charge in [0.25, 0.3) is 0 Å². The van der Waals surface area contributed by atoms with Gasteiger partial charge in [0.05, 0.1) is 5.69 Å². The number of nitrogens with one attached hydrogen (secondary N) is 1. The number of pyridine rings is 1. The van der Waals surface area contributed by atoms with Gasteiger partial charge in [-0.3, -0.25) is 0 Å². The molecule has 1 N–H and O–H groups in total. The van der Waals surface area contributed by atoms with Crippen molar-refractivity contribution in [3.8, 4) is 11.6 Å². The molecule has 112 valence electrons. The molecule has 0 atom stereocenters. The smallest absolute Gasteiger partial charge is 0.219 e. The molecule has 0 saturated heterocycles. The first-order valence-corrected chi connectivity index (χ1v) is 7.77. The summed E-state index contributed by atoms with van der Waals surface area (Å²) >= 11 is 3.45. The summed E-state index contributed by atoms with van der Waals surface area (Å²) in [5.41, 5.74) is 2.18. The lowest BCUT2D eigenvalue weighted by molar-refractivity contribution is 0.450. The number of halogens is 1. The van der Waals surface area contributed by atoms with Gasteiger partial charge in [0.1, 0.15) is 5.75 Å². The molecule has 3 nitrogen and oxygen atoms in total. The van der Waals surface area contributed by atoms with Gasteiger partial charge in [-0.25, -0.2) is 4.98 Å². The van der Waals surface area contributed by atoms with Gasteiger partial charge in [-0.1, -0.05) is 42.8 Å². The van der Waals surface area contributed by atoms with Crippen LogP contribution in [0.5, 0.6) is 11.6 Å². The van der Waals surface area contributed by atoms with E-state index in [1.807, 2.05) is 37.4 Å². The maximum absolute atomic E-state index is 5.91. The minimum absolute atomic E-state index is 0.0147. The number of aromatic nitrogens is 1. The average molecular weight is 349 g/mol. The fourth-order valence-electron chi connectivity index (χ4n) is 1.95. The second-order valence-corrected chi connectivity index (χ2v) is 6.95. The van der Waals surface area contributed by atoms with Crippen LogP contribution in [0.1, 0.15) is 32.0 Å². The third-order valence-corrected chi connectivity index (χ3v) is 3.52. The number of rotatable bonds is 4. The van der Waals surface area contributed by atoms with Crippen molar-refractivity contribution in [2.45, 2.75) is 32.7 Å². The van der Waals surface area contributed by atoms with Crippen LogP contribution in [0, 0.1) is 0 Å². The van der Waals surface area contributed by atoms with E-state index in [4.69, 9.17) is 4.74 Å². The van der Waals surface area contributed by atoms with Crippen molar-refractivity contribution in [1.82, 2.24) is 10.3 Å². The van der Waals surface area contributed by atoms with Gasteiger partial charge >= 0.3 is 0 Å².